The summed E-state index contributed by atoms with van der Waals surface area (Å²) in [5.41, 5.74) is 1.29. The normalized spacial score (nSPS) is 16.1. The van der Waals surface area contributed by atoms with E-state index >= 15 is 0 Å². The van der Waals surface area contributed by atoms with E-state index in [2.05, 4.69) is 5.32 Å². The fourth-order valence-electron chi connectivity index (χ4n) is 2.81. The van der Waals surface area contributed by atoms with E-state index in [9.17, 15) is 14.9 Å². The molecule has 0 aromatic heterocycles. The Balaban J connectivity index is 1.90. The Kier molecular flexibility index (Phi) is 3.97. The van der Waals surface area contributed by atoms with Gasteiger partial charge in [-0.05, 0) is 19.1 Å². The summed E-state index contributed by atoms with van der Waals surface area (Å²) in [5, 5.41) is 14.1. The zero-order valence-corrected chi connectivity index (χ0v) is 12.6. The van der Waals surface area contributed by atoms with E-state index in [0.29, 0.717) is 18.6 Å². The Morgan fingerprint density at radius 3 is 2.83 bits per heavy atom. The molecule has 1 heterocycles. The van der Waals surface area contributed by atoms with Crippen LogP contribution < -0.4 is 10.1 Å². The van der Waals surface area contributed by atoms with Crippen LogP contribution in [-0.2, 0) is 0 Å². The SMILES string of the molecule is Cc1cccc(C(=O)N[C@@H]2CCOc3ccccc32)c1[N+](=O)[O-]. The number of benzene rings is 2. The average Bonchev–Trinajstić information content (AvgIpc) is 2.54. The van der Waals surface area contributed by atoms with Crippen molar-refractivity contribution >= 4 is 11.6 Å². The van der Waals surface area contributed by atoms with E-state index in [-0.39, 0.29) is 17.3 Å². The van der Waals surface area contributed by atoms with Crippen molar-refractivity contribution in [3.05, 3.63) is 69.3 Å². The van der Waals surface area contributed by atoms with Gasteiger partial charge in [-0.2, -0.15) is 0 Å². The molecule has 118 valence electrons. The first kappa shape index (κ1) is 15.0. The summed E-state index contributed by atoms with van der Waals surface area (Å²) in [4.78, 5) is 23.3. The van der Waals surface area contributed by atoms with Crippen LogP contribution in [0.15, 0.2) is 42.5 Å². The lowest BCUT2D eigenvalue weighted by atomic mass is 9.99. The Morgan fingerprint density at radius 2 is 2.04 bits per heavy atom. The lowest BCUT2D eigenvalue weighted by Crippen LogP contribution is -2.32. The third-order valence-electron chi connectivity index (χ3n) is 3.93. The molecule has 2 aromatic rings. The van der Waals surface area contributed by atoms with Crippen LogP contribution in [0.3, 0.4) is 0 Å². The maximum atomic E-state index is 12.5. The quantitative estimate of drug-likeness (QED) is 0.697. The van der Waals surface area contributed by atoms with Crippen molar-refractivity contribution in [2.75, 3.05) is 6.61 Å². The second-order valence-electron chi connectivity index (χ2n) is 5.43. The molecule has 1 amide bonds. The van der Waals surface area contributed by atoms with Crippen LogP contribution >= 0.6 is 0 Å². The van der Waals surface area contributed by atoms with Crippen LogP contribution in [0.25, 0.3) is 0 Å². The second kappa shape index (κ2) is 6.08. The van der Waals surface area contributed by atoms with Crippen molar-refractivity contribution in [1.82, 2.24) is 5.32 Å². The van der Waals surface area contributed by atoms with Gasteiger partial charge in [-0.1, -0.05) is 30.3 Å². The maximum absolute atomic E-state index is 12.5. The van der Waals surface area contributed by atoms with Crippen LogP contribution in [0.5, 0.6) is 5.75 Å². The molecule has 0 saturated heterocycles. The summed E-state index contributed by atoms with van der Waals surface area (Å²) in [6.45, 7) is 2.12. The van der Waals surface area contributed by atoms with Crippen molar-refractivity contribution in [1.29, 1.82) is 0 Å². The zero-order valence-electron chi connectivity index (χ0n) is 12.6. The average molecular weight is 312 g/mol. The molecule has 6 nitrogen and oxygen atoms in total. The number of ether oxygens (including phenoxy) is 1. The van der Waals surface area contributed by atoms with E-state index in [4.69, 9.17) is 4.74 Å². The maximum Gasteiger partial charge on any atom is 0.285 e. The predicted octanol–water partition coefficient (Wildman–Crippen LogP) is 3.16. The Hall–Kier alpha value is -2.89. The van der Waals surface area contributed by atoms with Gasteiger partial charge < -0.3 is 10.1 Å². The number of rotatable bonds is 3. The number of amides is 1. The van der Waals surface area contributed by atoms with Crippen LogP contribution in [0, 0.1) is 17.0 Å². The first-order chi connectivity index (χ1) is 11.1. The molecule has 6 heteroatoms. The molecule has 1 aliphatic heterocycles. The third kappa shape index (κ3) is 2.88. The number of nitrogens with one attached hydrogen (secondary N) is 1. The number of aryl methyl sites for hydroxylation is 1. The molecule has 1 atom stereocenters. The summed E-state index contributed by atoms with van der Waals surface area (Å²) in [5.74, 6) is 0.296. The van der Waals surface area contributed by atoms with Crippen molar-refractivity contribution in [3.63, 3.8) is 0 Å². The molecule has 0 aliphatic carbocycles. The highest BCUT2D eigenvalue weighted by Gasteiger charge is 2.27. The molecule has 0 saturated carbocycles. The van der Waals surface area contributed by atoms with Gasteiger partial charge in [-0.15, -0.1) is 0 Å². The highest BCUT2D eigenvalue weighted by Crippen LogP contribution is 2.32. The van der Waals surface area contributed by atoms with E-state index in [1.165, 1.54) is 6.07 Å². The molecule has 2 aromatic carbocycles. The molecule has 1 N–H and O–H groups in total. The van der Waals surface area contributed by atoms with Crippen LogP contribution in [-0.4, -0.2) is 17.4 Å². The monoisotopic (exact) mass is 312 g/mol. The van der Waals surface area contributed by atoms with Crippen LogP contribution in [0.2, 0.25) is 0 Å². The molecular formula is C17H16N2O4. The lowest BCUT2D eigenvalue weighted by Gasteiger charge is -2.26. The minimum Gasteiger partial charge on any atom is -0.493 e. The standard InChI is InChI=1S/C17H16N2O4/c1-11-5-4-7-13(16(11)19(21)22)17(20)18-14-9-10-23-15-8-3-2-6-12(14)15/h2-8,14H,9-10H2,1H3,(H,18,20)/t14-/m1/s1. The molecule has 0 radical (unpaired) electrons. The minimum atomic E-state index is -0.512. The Morgan fingerprint density at radius 1 is 1.26 bits per heavy atom. The van der Waals surface area contributed by atoms with E-state index in [0.717, 1.165) is 11.3 Å². The van der Waals surface area contributed by atoms with E-state index in [1.807, 2.05) is 24.3 Å². The smallest absolute Gasteiger partial charge is 0.285 e. The fourth-order valence-corrected chi connectivity index (χ4v) is 2.81. The minimum absolute atomic E-state index is 0.0824. The van der Waals surface area contributed by atoms with Gasteiger partial charge in [0.2, 0.25) is 0 Å². The first-order valence-corrected chi connectivity index (χ1v) is 7.34. The zero-order chi connectivity index (χ0) is 16.4. The molecule has 1 aliphatic rings. The third-order valence-corrected chi connectivity index (χ3v) is 3.93. The fraction of sp³-hybridized carbons (Fsp3) is 0.235. The van der Waals surface area contributed by atoms with Crippen LogP contribution in [0.4, 0.5) is 5.69 Å². The Labute approximate surface area is 133 Å². The highest BCUT2D eigenvalue weighted by atomic mass is 16.6. The summed E-state index contributed by atoms with van der Waals surface area (Å²) < 4.78 is 5.56. The van der Waals surface area contributed by atoms with Gasteiger partial charge in [0.25, 0.3) is 11.6 Å². The van der Waals surface area contributed by atoms with Gasteiger partial charge in [0.15, 0.2) is 0 Å². The molecule has 0 bridgehead atoms. The van der Waals surface area contributed by atoms with Gasteiger partial charge in [-0.25, -0.2) is 0 Å². The molecule has 0 unspecified atom stereocenters. The number of fused-ring (bicyclic) bond motifs is 1. The molecule has 23 heavy (non-hydrogen) atoms. The predicted molar refractivity (Wildman–Crippen MR) is 84.6 cm³/mol. The van der Waals surface area contributed by atoms with Crippen molar-refractivity contribution in [2.45, 2.75) is 19.4 Å². The van der Waals surface area contributed by atoms with E-state index < -0.39 is 10.8 Å². The summed E-state index contributed by atoms with van der Waals surface area (Å²) in [6, 6.07) is 12.0. The number of carbonyl (C=O) groups is 1. The van der Waals surface area contributed by atoms with E-state index in [1.54, 1.807) is 19.1 Å². The lowest BCUT2D eigenvalue weighted by molar-refractivity contribution is -0.385. The summed E-state index contributed by atoms with van der Waals surface area (Å²) >= 11 is 0. The molecule has 3 rings (SSSR count). The van der Waals surface area contributed by atoms with Crippen molar-refractivity contribution < 1.29 is 14.5 Å². The molecule has 0 spiro atoms. The number of hydrogen-bond donors (Lipinski definition) is 1. The highest BCUT2D eigenvalue weighted by molar-refractivity contribution is 5.98. The number of hydrogen-bond acceptors (Lipinski definition) is 4. The van der Waals surface area contributed by atoms with Crippen molar-refractivity contribution in [2.24, 2.45) is 0 Å². The number of nitro benzene ring substituents is 1. The van der Waals surface area contributed by atoms with Gasteiger partial charge in [0.1, 0.15) is 11.3 Å². The Bertz CT molecular complexity index is 773. The summed E-state index contributed by atoms with van der Waals surface area (Å²) in [6.07, 6.45) is 0.627. The number of carbonyl (C=O) groups excluding carboxylic acids is 1. The van der Waals surface area contributed by atoms with Gasteiger partial charge in [0.05, 0.1) is 17.6 Å². The summed E-state index contributed by atoms with van der Waals surface area (Å²) in [7, 11) is 0. The van der Waals surface area contributed by atoms with Gasteiger partial charge in [0, 0.05) is 17.5 Å². The number of para-hydroxylation sites is 2. The first-order valence-electron chi connectivity index (χ1n) is 7.34. The van der Waals surface area contributed by atoms with Crippen molar-refractivity contribution in [3.8, 4) is 5.75 Å². The molecular weight excluding hydrogens is 296 g/mol. The van der Waals surface area contributed by atoms with Crippen LogP contribution in [0.1, 0.15) is 33.9 Å². The molecule has 0 fully saturated rings. The largest absolute Gasteiger partial charge is 0.493 e. The topological polar surface area (TPSA) is 81.5 Å². The second-order valence-corrected chi connectivity index (χ2v) is 5.43. The van der Waals surface area contributed by atoms with Gasteiger partial charge >= 0.3 is 0 Å². The number of nitrogens with zero attached hydrogens (tertiary/aromatic N) is 1. The number of nitro groups is 1. The van der Waals surface area contributed by atoms with Gasteiger partial charge in [-0.3, -0.25) is 14.9 Å².